The first kappa shape index (κ1) is 11.6. The molecular formula is C12H19Na. The molecule has 0 radical (unpaired) electrons. The van der Waals surface area contributed by atoms with Crippen LogP contribution in [0.15, 0.2) is 19.5 Å². The predicted molar refractivity (Wildman–Crippen MR) is 59.8 cm³/mol. The summed E-state index contributed by atoms with van der Waals surface area (Å²) in [5.41, 5.74) is 5.23. The molecule has 0 amide bonds. The number of hydrogen-bond donors (Lipinski definition) is 0. The summed E-state index contributed by atoms with van der Waals surface area (Å²) in [6.45, 7) is 11.6. The Kier molecular flexibility index (Phi) is 3.49. The number of rotatable bonds is 2. The minimum absolute atomic E-state index is 0.376. The Hall–Kier alpha value is 0.480. The van der Waals surface area contributed by atoms with Gasteiger partial charge in [0.2, 0.25) is 0 Å². The van der Waals surface area contributed by atoms with E-state index in [1.165, 1.54) is 40.8 Å². The fraction of sp³-hybridized carbons (Fsp3) is 0.667. The van der Waals surface area contributed by atoms with E-state index < -0.39 is 0 Å². The van der Waals surface area contributed by atoms with Crippen molar-refractivity contribution in [2.24, 2.45) is 5.41 Å². The quantitative estimate of drug-likeness (QED) is 0.578. The fourth-order valence-electron chi connectivity index (χ4n) is 2.26. The number of hydrogen-bond acceptors (Lipinski definition) is 0. The average Bonchev–Trinajstić information content (AvgIpc) is 2.21. The molecule has 68 valence electrons. The van der Waals surface area contributed by atoms with Crippen molar-refractivity contribution in [1.82, 2.24) is 0 Å². The van der Waals surface area contributed by atoms with Crippen molar-refractivity contribution >= 4 is 27.9 Å². The van der Waals surface area contributed by atoms with Gasteiger partial charge in [0.25, 0.3) is 0 Å². The molecule has 1 aliphatic rings. The van der Waals surface area contributed by atoms with Gasteiger partial charge in [0.15, 0.2) is 0 Å². The molecule has 0 aromatic carbocycles. The van der Waals surface area contributed by atoms with Crippen molar-refractivity contribution in [3.05, 3.63) is 19.5 Å². The Labute approximate surface area is 99.9 Å². The zero-order valence-corrected chi connectivity index (χ0v) is 11.9. The van der Waals surface area contributed by atoms with Gasteiger partial charge >= 0.3 is 100 Å². The first-order valence-electron chi connectivity index (χ1n) is 5.31. The summed E-state index contributed by atoms with van der Waals surface area (Å²) in [5.74, 6) is 0. The molecule has 0 saturated heterocycles. The van der Waals surface area contributed by atoms with Gasteiger partial charge in [-0.1, -0.05) is 0 Å². The van der Waals surface area contributed by atoms with Crippen LogP contribution in [-0.2, 0) is 0 Å². The van der Waals surface area contributed by atoms with E-state index in [0.29, 0.717) is 5.41 Å². The van der Waals surface area contributed by atoms with E-state index in [2.05, 4.69) is 34.6 Å². The SMILES string of the molecule is CCCC1=[C]([Na])C(C)(C)C(C)=C1C. The zero-order chi connectivity index (χ0) is 10.2. The van der Waals surface area contributed by atoms with Crippen LogP contribution >= 0.6 is 0 Å². The molecule has 0 heterocycles. The average molecular weight is 186 g/mol. The van der Waals surface area contributed by atoms with Crippen LogP contribution in [0.1, 0.15) is 47.5 Å². The van der Waals surface area contributed by atoms with Gasteiger partial charge in [0, 0.05) is 0 Å². The minimum atomic E-state index is 0.376. The molecule has 0 aromatic rings. The summed E-state index contributed by atoms with van der Waals surface area (Å²) in [6, 6.07) is 0. The van der Waals surface area contributed by atoms with Crippen LogP contribution in [0.3, 0.4) is 0 Å². The molecule has 0 atom stereocenters. The van der Waals surface area contributed by atoms with Crippen molar-refractivity contribution in [3.8, 4) is 0 Å². The van der Waals surface area contributed by atoms with Crippen molar-refractivity contribution in [2.45, 2.75) is 47.5 Å². The summed E-state index contributed by atoms with van der Waals surface area (Å²) in [6.07, 6.45) is 2.56. The van der Waals surface area contributed by atoms with Crippen LogP contribution in [0, 0.1) is 5.41 Å². The summed E-state index contributed by atoms with van der Waals surface area (Å²) < 4.78 is 1.73. The van der Waals surface area contributed by atoms with Crippen LogP contribution in [0.25, 0.3) is 0 Å². The van der Waals surface area contributed by atoms with Gasteiger partial charge in [-0.2, -0.15) is 0 Å². The van der Waals surface area contributed by atoms with Crippen LogP contribution in [0.2, 0.25) is 0 Å². The van der Waals surface area contributed by atoms with Gasteiger partial charge in [-0.05, 0) is 0 Å². The Balaban J connectivity index is 3.13. The third-order valence-electron chi connectivity index (χ3n) is 3.84. The first-order chi connectivity index (χ1) is 5.92. The van der Waals surface area contributed by atoms with Gasteiger partial charge in [0.1, 0.15) is 0 Å². The van der Waals surface area contributed by atoms with E-state index in [0.717, 1.165) is 0 Å². The standard InChI is InChI=1S/C12H19.Na/c1-6-7-11-8-12(4,5)10(3)9(11)2;/h6-7H2,1-5H3;. The molecule has 0 nitrogen and oxygen atoms in total. The van der Waals surface area contributed by atoms with E-state index in [1.807, 2.05) is 0 Å². The molecule has 0 bridgehead atoms. The summed E-state index contributed by atoms with van der Waals surface area (Å²) in [7, 11) is 0. The molecule has 1 heteroatoms. The molecule has 0 saturated carbocycles. The van der Waals surface area contributed by atoms with Gasteiger partial charge < -0.3 is 0 Å². The molecule has 0 aliphatic heterocycles. The fourth-order valence-corrected chi connectivity index (χ4v) is 3.26. The monoisotopic (exact) mass is 186 g/mol. The molecule has 0 fully saturated rings. The van der Waals surface area contributed by atoms with Gasteiger partial charge in [-0.25, -0.2) is 0 Å². The van der Waals surface area contributed by atoms with Crippen LogP contribution in [-0.4, -0.2) is 27.9 Å². The van der Waals surface area contributed by atoms with Gasteiger partial charge in [0.05, 0.1) is 0 Å². The second-order valence-electron chi connectivity index (χ2n) is 4.73. The Morgan fingerprint density at radius 2 is 1.77 bits per heavy atom. The molecule has 0 unspecified atom stereocenters. The van der Waals surface area contributed by atoms with E-state index in [9.17, 15) is 0 Å². The first-order valence-corrected chi connectivity index (χ1v) is 6.31. The molecular weight excluding hydrogens is 167 g/mol. The van der Waals surface area contributed by atoms with Crippen molar-refractivity contribution in [1.29, 1.82) is 0 Å². The van der Waals surface area contributed by atoms with Gasteiger partial charge in [-0.3, -0.25) is 0 Å². The second kappa shape index (κ2) is 3.92. The second-order valence-corrected chi connectivity index (χ2v) is 5.73. The topological polar surface area (TPSA) is 0 Å². The molecule has 1 aliphatic carbocycles. The van der Waals surface area contributed by atoms with Gasteiger partial charge in [-0.15, -0.1) is 0 Å². The normalized spacial score (nSPS) is 21.8. The van der Waals surface area contributed by atoms with E-state index in [4.69, 9.17) is 0 Å². The predicted octanol–water partition coefficient (Wildman–Crippen LogP) is 3.59. The Morgan fingerprint density at radius 3 is 2.08 bits per heavy atom. The van der Waals surface area contributed by atoms with Crippen LogP contribution in [0.5, 0.6) is 0 Å². The summed E-state index contributed by atoms with van der Waals surface area (Å²) in [4.78, 5) is 0. The summed E-state index contributed by atoms with van der Waals surface area (Å²) >= 11 is 1.22. The van der Waals surface area contributed by atoms with E-state index in [1.54, 1.807) is 19.5 Å². The molecule has 1 rings (SSSR count). The maximum absolute atomic E-state index is 2.37. The number of allylic oxidation sites excluding steroid dienone is 4. The third-order valence-corrected chi connectivity index (χ3v) is 5.70. The zero-order valence-electron chi connectivity index (χ0n) is 9.91. The van der Waals surface area contributed by atoms with Crippen molar-refractivity contribution in [2.75, 3.05) is 0 Å². The molecule has 13 heavy (non-hydrogen) atoms. The third kappa shape index (κ3) is 1.82. The van der Waals surface area contributed by atoms with E-state index >= 15 is 0 Å². The molecule has 0 aromatic heterocycles. The van der Waals surface area contributed by atoms with E-state index in [-0.39, 0.29) is 0 Å². The van der Waals surface area contributed by atoms with Crippen LogP contribution < -0.4 is 0 Å². The summed E-state index contributed by atoms with van der Waals surface area (Å²) in [5, 5.41) is 0. The van der Waals surface area contributed by atoms with Crippen molar-refractivity contribution in [3.63, 3.8) is 0 Å². The Morgan fingerprint density at radius 1 is 1.23 bits per heavy atom. The molecule has 0 spiro atoms. The maximum atomic E-state index is 2.37. The van der Waals surface area contributed by atoms with Crippen LogP contribution in [0.4, 0.5) is 0 Å². The molecule has 0 N–H and O–H groups in total. The Bertz CT molecular complexity index is 279. The van der Waals surface area contributed by atoms with Crippen molar-refractivity contribution < 1.29 is 0 Å².